The molecule has 0 fully saturated rings. The number of nitriles is 1. The molecule has 0 heterocycles. The van der Waals surface area contributed by atoms with E-state index in [1.807, 2.05) is 0 Å². The standard InChI is InChI=1S/C10H9FN2O3/c11-10-2-1-9(13(14)15)7-8(10)3-5-16-6-4-12/h1-2,7H,3,5-6H2. The van der Waals surface area contributed by atoms with Gasteiger partial charge in [-0.1, -0.05) is 0 Å². The third kappa shape index (κ3) is 3.29. The van der Waals surface area contributed by atoms with E-state index >= 15 is 0 Å². The number of nitro groups is 1. The van der Waals surface area contributed by atoms with E-state index in [2.05, 4.69) is 0 Å². The highest BCUT2D eigenvalue weighted by Crippen LogP contribution is 2.17. The van der Waals surface area contributed by atoms with Gasteiger partial charge in [0.1, 0.15) is 12.4 Å². The van der Waals surface area contributed by atoms with Crippen LogP contribution in [-0.4, -0.2) is 18.1 Å². The van der Waals surface area contributed by atoms with Crippen molar-refractivity contribution in [2.75, 3.05) is 13.2 Å². The number of benzene rings is 1. The van der Waals surface area contributed by atoms with Gasteiger partial charge in [0.05, 0.1) is 17.6 Å². The third-order valence-electron chi connectivity index (χ3n) is 1.92. The van der Waals surface area contributed by atoms with Crippen LogP contribution in [0.2, 0.25) is 0 Å². The number of rotatable bonds is 5. The fourth-order valence-electron chi connectivity index (χ4n) is 1.17. The van der Waals surface area contributed by atoms with E-state index in [1.54, 1.807) is 6.07 Å². The van der Waals surface area contributed by atoms with Crippen LogP contribution in [0.5, 0.6) is 0 Å². The lowest BCUT2D eigenvalue weighted by Gasteiger charge is -2.02. The second-order valence-corrected chi connectivity index (χ2v) is 2.99. The van der Waals surface area contributed by atoms with Crippen molar-refractivity contribution in [3.8, 4) is 6.07 Å². The minimum Gasteiger partial charge on any atom is -0.366 e. The Morgan fingerprint density at radius 2 is 2.31 bits per heavy atom. The monoisotopic (exact) mass is 224 g/mol. The molecule has 0 amide bonds. The van der Waals surface area contributed by atoms with Crippen LogP contribution >= 0.6 is 0 Å². The maximum absolute atomic E-state index is 13.2. The van der Waals surface area contributed by atoms with Crippen LogP contribution in [0.4, 0.5) is 10.1 Å². The van der Waals surface area contributed by atoms with E-state index < -0.39 is 10.7 Å². The van der Waals surface area contributed by atoms with Crippen LogP contribution < -0.4 is 0 Å². The summed E-state index contributed by atoms with van der Waals surface area (Å²) in [6.45, 7) is 0.0855. The number of nitro benzene ring substituents is 1. The van der Waals surface area contributed by atoms with Crippen LogP contribution in [0.15, 0.2) is 18.2 Å². The molecule has 5 nitrogen and oxygen atoms in total. The lowest BCUT2D eigenvalue weighted by Crippen LogP contribution is -2.01. The molecule has 84 valence electrons. The second kappa shape index (κ2) is 5.78. The Morgan fingerprint density at radius 3 is 2.94 bits per heavy atom. The van der Waals surface area contributed by atoms with Crippen LogP contribution in [0.3, 0.4) is 0 Å². The molecule has 16 heavy (non-hydrogen) atoms. The molecule has 6 heteroatoms. The SMILES string of the molecule is N#CCOCCc1cc([N+](=O)[O-])ccc1F. The Balaban J connectivity index is 2.67. The summed E-state index contributed by atoms with van der Waals surface area (Å²) in [5, 5.41) is 18.6. The fraction of sp³-hybridized carbons (Fsp3) is 0.300. The van der Waals surface area contributed by atoms with Crippen molar-refractivity contribution in [2.24, 2.45) is 0 Å². The number of nitrogens with zero attached hydrogens (tertiary/aromatic N) is 2. The largest absolute Gasteiger partial charge is 0.366 e. The van der Waals surface area contributed by atoms with Crippen molar-refractivity contribution in [3.05, 3.63) is 39.7 Å². The number of hydrogen-bond donors (Lipinski definition) is 0. The summed E-state index contributed by atoms with van der Waals surface area (Å²) in [5.41, 5.74) is 0.0591. The molecule has 0 aliphatic carbocycles. The summed E-state index contributed by atoms with van der Waals surface area (Å²) in [6, 6.07) is 5.11. The number of hydrogen-bond acceptors (Lipinski definition) is 4. The van der Waals surface area contributed by atoms with E-state index in [9.17, 15) is 14.5 Å². The van der Waals surface area contributed by atoms with Gasteiger partial charge in [-0.25, -0.2) is 4.39 Å². The molecule has 0 N–H and O–H groups in total. The van der Waals surface area contributed by atoms with Crippen LogP contribution in [0, 0.1) is 27.3 Å². The van der Waals surface area contributed by atoms with Gasteiger partial charge in [-0.2, -0.15) is 5.26 Å². The Bertz CT molecular complexity index is 429. The third-order valence-corrected chi connectivity index (χ3v) is 1.92. The van der Waals surface area contributed by atoms with Crippen molar-refractivity contribution in [3.63, 3.8) is 0 Å². The Labute approximate surface area is 91.2 Å². The van der Waals surface area contributed by atoms with E-state index in [4.69, 9.17) is 10.00 Å². The first-order chi connectivity index (χ1) is 7.65. The quantitative estimate of drug-likeness (QED) is 0.434. The van der Waals surface area contributed by atoms with Gasteiger partial charge in [0, 0.05) is 12.1 Å². The predicted octanol–water partition coefficient (Wildman–Crippen LogP) is 1.82. The molecule has 0 saturated carbocycles. The van der Waals surface area contributed by atoms with Gasteiger partial charge in [0.2, 0.25) is 0 Å². The average molecular weight is 224 g/mol. The predicted molar refractivity (Wildman–Crippen MR) is 53.2 cm³/mol. The first kappa shape index (κ1) is 12.1. The number of ether oxygens (including phenoxy) is 1. The van der Waals surface area contributed by atoms with Gasteiger partial charge in [-0.05, 0) is 18.1 Å². The van der Waals surface area contributed by atoms with Gasteiger partial charge >= 0.3 is 0 Å². The van der Waals surface area contributed by atoms with Crippen molar-refractivity contribution >= 4 is 5.69 Å². The van der Waals surface area contributed by atoms with E-state index in [0.29, 0.717) is 0 Å². The fourth-order valence-corrected chi connectivity index (χ4v) is 1.17. The molecule has 0 atom stereocenters. The summed E-state index contributed by atoms with van der Waals surface area (Å²) >= 11 is 0. The first-order valence-electron chi connectivity index (χ1n) is 4.52. The Morgan fingerprint density at radius 1 is 1.56 bits per heavy atom. The molecule has 0 unspecified atom stereocenters. The second-order valence-electron chi connectivity index (χ2n) is 2.99. The summed E-state index contributed by atoms with van der Waals surface area (Å²) in [5.74, 6) is -0.508. The van der Waals surface area contributed by atoms with E-state index in [-0.39, 0.29) is 30.9 Å². The molecule has 0 radical (unpaired) electrons. The zero-order valence-corrected chi connectivity index (χ0v) is 8.35. The van der Waals surface area contributed by atoms with Crippen molar-refractivity contribution in [2.45, 2.75) is 6.42 Å². The molecule has 0 aliphatic heterocycles. The molecule has 1 aromatic rings. The summed E-state index contributed by atoms with van der Waals surface area (Å²) in [6.07, 6.45) is 0.204. The minimum atomic E-state index is -0.584. The molecular weight excluding hydrogens is 215 g/mol. The van der Waals surface area contributed by atoms with Gasteiger partial charge in [-0.3, -0.25) is 10.1 Å². The highest BCUT2D eigenvalue weighted by molar-refractivity contribution is 5.35. The zero-order valence-electron chi connectivity index (χ0n) is 8.35. The molecule has 0 bridgehead atoms. The van der Waals surface area contributed by atoms with Crippen LogP contribution in [-0.2, 0) is 11.2 Å². The van der Waals surface area contributed by atoms with Crippen molar-refractivity contribution in [1.29, 1.82) is 5.26 Å². The highest BCUT2D eigenvalue weighted by atomic mass is 19.1. The molecule has 0 aliphatic rings. The number of halogens is 1. The molecule has 0 saturated heterocycles. The van der Waals surface area contributed by atoms with Gasteiger partial charge < -0.3 is 4.74 Å². The van der Waals surface area contributed by atoms with Crippen LogP contribution in [0.1, 0.15) is 5.56 Å². The summed E-state index contributed by atoms with van der Waals surface area (Å²) in [4.78, 5) is 9.87. The lowest BCUT2D eigenvalue weighted by molar-refractivity contribution is -0.385. The normalized spacial score (nSPS) is 9.75. The Kier molecular flexibility index (Phi) is 4.36. The zero-order chi connectivity index (χ0) is 12.0. The van der Waals surface area contributed by atoms with E-state index in [1.165, 1.54) is 6.07 Å². The average Bonchev–Trinajstić information content (AvgIpc) is 2.26. The minimum absolute atomic E-state index is 0.0729. The van der Waals surface area contributed by atoms with Gasteiger partial charge in [0.25, 0.3) is 5.69 Å². The van der Waals surface area contributed by atoms with Crippen molar-refractivity contribution in [1.82, 2.24) is 0 Å². The van der Waals surface area contributed by atoms with Crippen molar-refractivity contribution < 1.29 is 14.1 Å². The maximum atomic E-state index is 13.2. The summed E-state index contributed by atoms with van der Waals surface area (Å²) < 4.78 is 18.0. The van der Waals surface area contributed by atoms with Gasteiger partial charge in [-0.15, -0.1) is 0 Å². The summed E-state index contributed by atoms with van der Waals surface area (Å²) in [7, 11) is 0. The number of non-ortho nitro benzene ring substituents is 1. The Hall–Kier alpha value is -2.00. The molecule has 0 spiro atoms. The van der Waals surface area contributed by atoms with Gasteiger partial charge in [0.15, 0.2) is 0 Å². The van der Waals surface area contributed by atoms with Crippen LogP contribution in [0.25, 0.3) is 0 Å². The topological polar surface area (TPSA) is 76.2 Å². The molecular formula is C10H9FN2O3. The molecule has 1 aromatic carbocycles. The molecule has 0 aromatic heterocycles. The molecule has 1 rings (SSSR count). The van der Waals surface area contributed by atoms with E-state index in [0.717, 1.165) is 12.1 Å². The first-order valence-corrected chi connectivity index (χ1v) is 4.52. The highest BCUT2D eigenvalue weighted by Gasteiger charge is 2.10. The lowest BCUT2D eigenvalue weighted by atomic mass is 10.1. The smallest absolute Gasteiger partial charge is 0.269 e. The maximum Gasteiger partial charge on any atom is 0.269 e.